The van der Waals surface area contributed by atoms with Gasteiger partial charge in [0.05, 0.1) is 0 Å². The molecule has 1 aliphatic rings. The van der Waals surface area contributed by atoms with Crippen LogP contribution in [-0.2, 0) is 6.42 Å². The van der Waals surface area contributed by atoms with Gasteiger partial charge in [0.25, 0.3) is 0 Å². The summed E-state index contributed by atoms with van der Waals surface area (Å²) in [6.07, 6.45) is 1.06. The summed E-state index contributed by atoms with van der Waals surface area (Å²) < 4.78 is 14.2. The number of hydrogen-bond acceptors (Lipinski definition) is 1. The van der Waals surface area contributed by atoms with E-state index in [2.05, 4.69) is 52.9 Å². The minimum Gasteiger partial charge on any atom is -0.341 e. The molecule has 2 aromatic carbocycles. The molecule has 0 atom stereocenters. The van der Waals surface area contributed by atoms with E-state index in [-0.39, 0.29) is 11.2 Å². The first-order chi connectivity index (χ1) is 9.44. The predicted octanol–water partition coefficient (Wildman–Crippen LogP) is 5.31. The van der Waals surface area contributed by atoms with Crippen molar-refractivity contribution in [3.05, 3.63) is 58.3 Å². The largest absolute Gasteiger partial charge is 0.341 e. The van der Waals surface area contributed by atoms with Gasteiger partial charge in [-0.05, 0) is 59.9 Å². The van der Waals surface area contributed by atoms with E-state index in [0.717, 1.165) is 23.1 Å². The molecule has 104 valence electrons. The second kappa shape index (κ2) is 4.88. The molecule has 0 saturated heterocycles. The Morgan fingerprint density at radius 2 is 1.80 bits per heavy atom. The Hall–Kier alpha value is -1.35. The van der Waals surface area contributed by atoms with Crippen LogP contribution < -0.4 is 4.90 Å². The average Bonchev–Trinajstić information content (AvgIpc) is 2.37. The van der Waals surface area contributed by atoms with E-state index in [1.807, 2.05) is 12.1 Å². The molecule has 0 unspecified atom stereocenters. The van der Waals surface area contributed by atoms with Crippen LogP contribution in [0.15, 0.2) is 46.9 Å². The van der Waals surface area contributed by atoms with Crippen molar-refractivity contribution in [2.45, 2.75) is 20.3 Å². The minimum atomic E-state index is -0.193. The summed E-state index contributed by atoms with van der Waals surface area (Å²) in [6, 6.07) is 13.1. The zero-order valence-corrected chi connectivity index (χ0v) is 13.2. The van der Waals surface area contributed by atoms with Gasteiger partial charge < -0.3 is 4.90 Å². The molecule has 1 nitrogen and oxygen atoms in total. The topological polar surface area (TPSA) is 3.24 Å². The van der Waals surface area contributed by atoms with Gasteiger partial charge in [-0.3, -0.25) is 0 Å². The maximum absolute atomic E-state index is 13.1. The summed E-state index contributed by atoms with van der Waals surface area (Å²) in [7, 11) is 0. The molecule has 1 heterocycles. The molecule has 0 saturated carbocycles. The Morgan fingerprint density at radius 3 is 2.50 bits per heavy atom. The van der Waals surface area contributed by atoms with E-state index in [1.165, 1.54) is 23.4 Å². The SMILES string of the molecule is CC1(C)Cc2cc(Br)ccc2N(c2ccc(F)cc2)C1. The molecule has 3 heteroatoms. The number of rotatable bonds is 1. The van der Waals surface area contributed by atoms with Crippen LogP contribution in [0.4, 0.5) is 15.8 Å². The number of benzene rings is 2. The first-order valence-corrected chi connectivity index (χ1v) is 7.55. The molecular weight excluding hydrogens is 317 g/mol. The van der Waals surface area contributed by atoms with Crippen molar-refractivity contribution in [2.24, 2.45) is 5.41 Å². The Balaban J connectivity index is 2.09. The third-order valence-corrected chi connectivity index (χ3v) is 4.22. The predicted molar refractivity (Wildman–Crippen MR) is 85.0 cm³/mol. The summed E-state index contributed by atoms with van der Waals surface area (Å²) >= 11 is 3.55. The van der Waals surface area contributed by atoms with Gasteiger partial charge >= 0.3 is 0 Å². The van der Waals surface area contributed by atoms with Crippen LogP contribution in [0, 0.1) is 11.2 Å². The number of fused-ring (bicyclic) bond motifs is 1. The molecular formula is C17H17BrFN. The highest BCUT2D eigenvalue weighted by molar-refractivity contribution is 9.10. The minimum absolute atomic E-state index is 0.193. The van der Waals surface area contributed by atoms with Crippen molar-refractivity contribution in [2.75, 3.05) is 11.4 Å². The lowest BCUT2D eigenvalue weighted by atomic mass is 9.81. The van der Waals surface area contributed by atoms with Crippen molar-refractivity contribution in [1.29, 1.82) is 0 Å². The third-order valence-electron chi connectivity index (χ3n) is 3.73. The van der Waals surface area contributed by atoms with Crippen molar-refractivity contribution < 1.29 is 4.39 Å². The highest BCUT2D eigenvalue weighted by Crippen LogP contribution is 2.41. The maximum atomic E-state index is 13.1. The van der Waals surface area contributed by atoms with E-state index in [4.69, 9.17) is 0 Å². The van der Waals surface area contributed by atoms with E-state index in [0.29, 0.717) is 0 Å². The van der Waals surface area contributed by atoms with E-state index in [1.54, 1.807) is 0 Å². The van der Waals surface area contributed by atoms with Gasteiger partial charge in [0.2, 0.25) is 0 Å². The normalized spacial score (nSPS) is 16.9. The molecule has 0 aliphatic carbocycles. The number of hydrogen-bond donors (Lipinski definition) is 0. The van der Waals surface area contributed by atoms with Crippen molar-refractivity contribution >= 4 is 27.3 Å². The second-order valence-corrected chi connectivity index (χ2v) is 7.09. The quantitative estimate of drug-likeness (QED) is 0.683. The Morgan fingerprint density at radius 1 is 1.10 bits per heavy atom. The maximum Gasteiger partial charge on any atom is 0.123 e. The summed E-state index contributed by atoms with van der Waals surface area (Å²) in [4.78, 5) is 2.28. The van der Waals surface area contributed by atoms with E-state index < -0.39 is 0 Å². The van der Waals surface area contributed by atoms with Crippen LogP contribution in [-0.4, -0.2) is 6.54 Å². The molecule has 2 aromatic rings. The summed E-state index contributed by atoms with van der Waals surface area (Å²) in [5, 5.41) is 0. The Bertz CT molecular complexity index is 634. The molecule has 0 radical (unpaired) electrons. The molecule has 0 N–H and O–H groups in total. The molecule has 0 fully saturated rings. The molecule has 3 rings (SSSR count). The van der Waals surface area contributed by atoms with Gasteiger partial charge in [0, 0.05) is 22.4 Å². The van der Waals surface area contributed by atoms with Crippen LogP contribution in [0.25, 0.3) is 0 Å². The van der Waals surface area contributed by atoms with Crippen molar-refractivity contribution in [3.8, 4) is 0 Å². The van der Waals surface area contributed by atoms with Crippen LogP contribution in [0.3, 0.4) is 0 Å². The fraction of sp³-hybridized carbons (Fsp3) is 0.294. The van der Waals surface area contributed by atoms with E-state index in [9.17, 15) is 4.39 Å². The van der Waals surface area contributed by atoms with Gasteiger partial charge in [-0.25, -0.2) is 4.39 Å². The van der Waals surface area contributed by atoms with Crippen LogP contribution in [0.2, 0.25) is 0 Å². The average molecular weight is 334 g/mol. The lowest BCUT2D eigenvalue weighted by Gasteiger charge is -2.41. The monoisotopic (exact) mass is 333 g/mol. The number of anilines is 2. The fourth-order valence-electron chi connectivity index (χ4n) is 2.90. The van der Waals surface area contributed by atoms with Crippen LogP contribution in [0.5, 0.6) is 0 Å². The molecule has 20 heavy (non-hydrogen) atoms. The summed E-state index contributed by atoms with van der Waals surface area (Å²) in [6.45, 7) is 5.48. The van der Waals surface area contributed by atoms with Crippen molar-refractivity contribution in [3.63, 3.8) is 0 Å². The van der Waals surface area contributed by atoms with Gasteiger partial charge in [0.1, 0.15) is 5.82 Å². The Kier molecular flexibility index (Phi) is 3.33. The highest BCUT2D eigenvalue weighted by Gasteiger charge is 2.30. The molecule has 0 aromatic heterocycles. The summed E-state index contributed by atoms with van der Waals surface area (Å²) in [5.74, 6) is -0.193. The van der Waals surface area contributed by atoms with Crippen LogP contribution >= 0.6 is 15.9 Å². The fourth-order valence-corrected chi connectivity index (χ4v) is 3.30. The third kappa shape index (κ3) is 2.59. The molecule has 0 spiro atoms. The number of halogens is 2. The lowest BCUT2D eigenvalue weighted by molar-refractivity contribution is 0.361. The van der Waals surface area contributed by atoms with Crippen LogP contribution in [0.1, 0.15) is 19.4 Å². The van der Waals surface area contributed by atoms with Gasteiger partial charge in [-0.15, -0.1) is 0 Å². The van der Waals surface area contributed by atoms with Gasteiger partial charge in [-0.2, -0.15) is 0 Å². The highest BCUT2D eigenvalue weighted by atomic mass is 79.9. The van der Waals surface area contributed by atoms with E-state index >= 15 is 0 Å². The van der Waals surface area contributed by atoms with Gasteiger partial charge in [0.15, 0.2) is 0 Å². The second-order valence-electron chi connectivity index (χ2n) is 6.18. The Labute approximate surface area is 127 Å². The van der Waals surface area contributed by atoms with Gasteiger partial charge in [-0.1, -0.05) is 29.8 Å². The van der Waals surface area contributed by atoms with Crippen molar-refractivity contribution in [1.82, 2.24) is 0 Å². The smallest absolute Gasteiger partial charge is 0.123 e. The number of nitrogens with zero attached hydrogens (tertiary/aromatic N) is 1. The molecule has 1 aliphatic heterocycles. The molecule has 0 bridgehead atoms. The molecule has 0 amide bonds. The zero-order valence-electron chi connectivity index (χ0n) is 11.7. The lowest BCUT2D eigenvalue weighted by Crippen LogP contribution is -2.37. The summed E-state index contributed by atoms with van der Waals surface area (Å²) in [5.41, 5.74) is 3.80. The first-order valence-electron chi connectivity index (χ1n) is 6.76. The first kappa shape index (κ1) is 13.6. The standard InChI is InChI=1S/C17H17BrFN/c1-17(2)10-12-9-13(18)3-8-16(12)20(11-17)15-6-4-14(19)5-7-15/h3-9H,10-11H2,1-2H3. The zero-order chi connectivity index (χ0) is 14.3.